The van der Waals surface area contributed by atoms with E-state index in [1.165, 1.54) is 6.92 Å². The maximum atomic E-state index is 12.9. The molecule has 0 saturated heterocycles. The summed E-state index contributed by atoms with van der Waals surface area (Å²) < 4.78 is 81.6. The summed E-state index contributed by atoms with van der Waals surface area (Å²) in [5, 5.41) is 10.7. The fraction of sp³-hybridized carbons (Fsp3) is 0.438. The summed E-state index contributed by atoms with van der Waals surface area (Å²) in [6, 6.07) is 0.686. The number of carbonyl (C=O) groups is 2. The van der Waals surface area contributed by atoms with E-state index in [1.54, 1.807) is 6.07 Å². The second-order valence-corrected chi connectivity index (χ2v) is 5.61. The number of halogens is 6. The number of benzene rings is 1. The molecule has 148 valence electrons. The number of ether oxygens (including phenoxy) is 1. The van der Waals surface area contributed by atoms with Crippen molar-refractivity contribution in [2.45, 2.75) is 31.7 Å². The van der Waals surface area contributed by atoms with Crippen LogP contribution in [0.4, 0.5) is 26.3 Å². The maximum Gasteiger partial charge on any atom is 0.416 e. The molecule has 0 fully saturated rings. The summed E-state index contributed by atoms with van der Waals surface area (Å²) in [5.41, 5.74) is -4.26. The molecule has 0 spiro atoms. The number of hydrogen-bond acceptors (Lipinski definition) is 4. The van der Waals surface area contributed by atoms with Crippen LogP contribution in [0.1, 0.15) is 34.8 Å². The third kappa shape index (κ3) is 5.87. The van der Waals surface area contributed by atoms with E-state index in [0.29, 0.717) is 0 Å². The minimum absolute atomic E-state index is 0.118. The van der Waals surface area contributed by atoms with Crippen molar-refractivity contribution in [3.8, 4) is 6.07 Å². The first-order chi connectivity index (χ1) is 12.3. The van der Waals surface area contributed by atoms with Crippen LogP contribution in [0.3, 0.4) is 0 Å². The van der Waals surface area contributed by atoms with E-state index in [1.807, 2.05) is 5.32 Å². The summed E-state index contributed by atoms with van der Waals surface area (Å²) in [4.78, 5) is 23.9. The number of nitrogens with zero attached hydrogens (tertiary/aromatic N) is 1. The van der Waals surface area contributed by atoms with E-state index in [2.05, 4.69) is 4.74 Å². The summed E-state index contributed by atoms with van der Waals surface area (Å²) in [7, 11) is 0.979. The Bertz CT molecular complexity index is 720. The molecule has 27 heavy (non-hydrogen) atoms. The smallest absolute Gasteiger partial charge is 0.416 e. The van der Waals surface area contributed by atoms with Crippen LogP contribution in [0.2, 0.25) is 0 Å². The zero-order valence-electron chi connectivity index (χ0n) is 14.0. The van der Waals surface area contributed by atoms with Gasteiger partial charge in [0, 0.05) is 17.9 Å². The average molecular weight is 396 g/mol. The molecule has 1 rings (SSSR count). The normalized spacial score (nSPS) is 14.0. The van der Waals surface area contributed by atoms with Gasteiger partial charge in [-0.15, -0.1) is 0 Å². The van der Waals surface area contributed by atoms with Crippen molar-refractivity contribution in [3.63, 3.8) is 0 Å². The van der Waals surface area contributed by atoms with Gasteiger partial charge < -0.3 is 10.1 Å². The van der Waals surface area contributed by atoms with Gasteiger partial charge in [-0.1, -0.05) is 6.92 Å². The van der Waals surface area contributed by atoms with Crippen LogP contribution in [-0.2, 0) is 21.9 Å². The molecule has 1 aromatic rings. The lowest BCUT2D eigenvalue weighted by Crippen LogP contribution is -2.45. The molecular formula is C16H14F6N2O3. The second-order valence-electron chi connectivity index (χ2n) is 5.61. The number of methoxy groups -OCH3 is 1. The second kappa shape index (κ2) is 8.28. The van der Waals surface area contributed by atoms with Crippen molar-refractivity contribution in [2.24, 2.45) is 5.92 Å². The fourth-order valence-electron chi connectivity index (χ4n) is 2.13. The van der Waals surface area contributed by atoms with Crippen LogP contribution in [0.15, 0.2) is 18.2 Å². The van der Waals surface area contributed by atoms with Crippen molar-refractivity contribution >= 4 is 11.9 Å². The summed E-state index contributed by atoms with van der Waals surface area (Å²) in [6.07, 6.45) is -10.4. The van der Waals surface area contributed by atoms with Gasteiger partial charge in [0.1, 0.15) is 6.04 Å². The topological polar surface area (TPSA) is 79.2 Å². The molecule has 0 heterocycles. The van der Waals surface area contributed by atoms with Crippen LogP contribution in [0.25, 0.3) is 0 Å². The van der Waals surface area contributed by atoms with Crippen LogP contribution >= 0.6 is 0 Å². The number of esters is 1. The van der Waals surface area contributed by atoms with Gasteiger partial charge in [0.05, 0.1) is 24.3 Å². The third-order valence-electron chi connectivity index (χ3n) is 3.57. The summed E-state index contributed by atoms with van der Waals surface area (Å²) in [6.45, 7) is 1.39. The standard InChI is InChI=1S/C16H14F6N2O3/c1-8(3-4-23)12(14(26)27-2)24-13(25)9-5-10(15(17,18)19)7-11(6-9)16(20,21)22/h5-8,12H,3H2,1-2H3,(H,24,25)/t8-,12+/m0/s1. The van der Waals surface area contributed by atoms with Crippen LogP contribution in [0, 0.1) is 17.2 Å². The number of nitriles is 1. The molecule has 0 saturated carbocycles. The molecule has 1 N–H and O–H groups in total. The van der Waals surface area contributed by atoms with Crippen LogP contribution < -0.4 is 5.32 Å². The number of rotatable bonds is 5. The van der Waals surface area contributed by atoms with E-state index in [4.69, 9.17) is 5.26 Å². The van der Waals surface area contributed by atoms with Gasteiger partial charge in [-0.2, -0.15) is 31.6 Å². The fourth-order valence-corrected chi connectivity index (χ4v) is 2.13. The van der Waals surface area contributed by atoms with Crippen molar-refractivity contribution in [1.29, 1.82) is 5.26 Å². The Kier molecular flexibility index (Phi) is 6.83. The molecule has 0 aliphatic carbocycles. The van der Waals surface area contributed by atoms with Crippen LogP contribution in [0.5, 0.6) is 0 Å². The lowest BCUT2D eigenvalue weighted by Gasteiger charge is -2.21. The molecule has 0 radical (unpaired) electrons. The summed E-state index contributed by atoms with van der Waals surface area (Å²) >= 11 is 0. The number of alkyl halides is 6. The minimum atomic E-state index is -5.12. The highest BCUT2D eigenvalue weighted by atomic mass is 19.4. The van der Waals surface area contributed by atoms with E-state index in [9.17, 15) is 35.9 Å². The molecule has 2 atom stereocenters. The predicted molar refractivity (Wildman–Crippen MR) is 79.1 cm³/mol. The van der Waals surface area contributed by atoms with E-state index in [0.717, 1.165) is 7.11 Å². The zero-order chi connectivity index (χ0) is 21.0. The first kappa shape index (κ1) is 22.3. The summed E-state index contributed by atoms with van der Waals surface area (Å²) in [5.74, 6) is -3.12. The lowest BCUT2D eigenvalue weighted by atomic mass is 9.98. The molecule has 0 aromatic heterocycles. The molecule has 0 aliphatic heterocycles. The number of nitrogens with one attached hydrogen (secondary N) is 1. The van der Waals surface area contributed by atoms with Crippen molar-refractivity contribution < 1.29 is 40.7 Å². The van der Waals surface area contributed by atoms with E-state index >= 15 is 0 Å². The number of carbonyl (C=O) groups excluding carboxylic acids is 2. The third-order valence-corrected chi connectivity index (χ3v) is 3.57. The largest absolute Gasteiger partial charge is 0.467 e. The Labute approximate surface area is 149 Å². The SMILES string of the molecule is COC(=O)[C@H](NC(=O)c1cc(C(F)(F)F)cc(C(F)(F)F)c1)[C@@H](C)CC#N. The minimum Gasteiger partial charge on any atom is -0.467 e. The quantitative estimate of drug-likeness (QED) is 0.610. The van der Waals surface area contributed by atoms with Crippen molar-refractivity contribution in [1.82, 2.24) is 5.32 Å². The Balaban J connectivity index is 3.32. The molecule has 5 nitrogen and oxygen atoms in total. The monoisotopic (exact) mass is 396 g/mol. The van der Waals surface area contributed by atoms with Gasteiger partial charge in [0.2, 0.25) is 0 Å². The Morgan fingerprint density at radius 3 is 1.96 bits per heavy atom. The Hall–Kier alpha value is -2.77. The molecule has 1 aromatic carbocycles. The van der Waals surface area contributed by atoms with Gasteiger partial charge in [-0.05, 0) is 18.2 Å². The van der Waals surface area contributed by atoms with Gasteiger partial charge in [0.25, 0.3) is 5.91 Å². The van der Waals surface area contributed by atoms with Gasteiger partial charge in [0.15, 0.2) is 0 Å². The van der Waals surface area contributed by atoms with Gasteiger partial charge in [-0.25, -0.2) is 4.79 Å². The molecule has 11 heteroatoms. The molecular weight excluding hydrogens is 382 g/mol. The molecule has 0 aliphatic rings. The zero-order valence-corrected chi connectivity index (χ0v) is 14.0. The Morgan fingerprint density at radius 2 is 1.59 bits per heavy atom. The molecule has 0 bridgehead atoms. The lowest BCUT2D eigenvalue weighted by molar-refractivity contribution is -0.145. The number of amides is 1. The molecule has 1 amide bonds. The molecule has 0 unspecified atom stereocenters. The highest BCUT2D eigenvalue weighted by Crippen LogP contribution is 2.36. The maximum absolute atomic E-state index is 12.9. The van der Waals surface area contributed by atoms with Crippen LogP contribution in [-0.4, -0.2) is 25.0 Å². The predicted octanol–water partition coefficient (Wildman–Crippen LogP) is 3.55. The highest BCUT2D eigenvalue weighted by molar-refractivity contribution is 5.97. The van der Waals surface area contributed by atoms with Crippen molar-refractivity contribution in [2.75, 3.05) is 7.11 Å². The highest BCUT2D eigenvalue weighted by Gasteiger charge is 2.38. The van der Waals surface area contributed by atoms with E-state index < -0.39 is 52.9 Å². The first-order valence-corrected chi connectivity index (χ1v) is 7.36. The Morgan fingerprint density at radius 1 is 1.11 bits per heavy atom. The number of hydrogen-bond donors (Lipinski definition) is 1. The van der Waals surface area contributed by atoms with Crippen molar-refractivity contribution in [3.05, 3.63) is 34.9 Å². The van der Waals surface area contributed by atoms with E-state index in [-0.39, 0.29) is 24.6 Å². The first-order valence-electron chi connectivity index (χ1n) is 7.36. The average Bonchev–Trinajstić information content (AvgIpc) is 2.56. The van der Waals surface area contributed by atoms with Gasteiger partial charge in [-0.3, -0.25) is 4.79 Å². The van der Waals surface area contributed by atoms with Gasteiger partial charge >= 0.3 is 18.3 Å².